The van der Waals surface area contributed by atoms with E-state index in [9.17, 15) is 4.79 Å². The van der Waals surface area contributed by atoms with Gasteiger partial charge in [-0.3, -0.25) is 9.36 Å². The van der Waals surface area contributed by atoms with Crippen LogP contribution in [0.15, 0.2) is 23.0 Å². The van der Waals surface area contributed by atoms with E-state index >= 15 is 0 Å². The van der Waals surface area contributed by atoms with E-state index in [4.69, 9.17) is 9.47 Å². The summed E-state index contributed by atoms with van der Waals surface area (Å²) in [5.74, 6) is 0.522. The van der Waals surface area contributed by atoms with Crippen LogP contribution in [0, 0.1) is 0 Å². The van der Waals surface area contributed by atoms with Crippen LogP contribution >= 0.6 is 0 Å². The van der Waals surface area contributed by atoms with Gasteiger partial charge in [-0.15, -0.1) is 0 Å². The third kappa shape index (κ3) is 1.41. The lowest BCUT2D eigenvalue weighted by Crippen LogP contribution is -2.15. The number of methoxy groups -OCH3 is 2. The van der Waals surface area contributed by atoms with Crippen LogP contribution in [0.1, 0.15) is 0 Å². The largest absolute Gasteiger partial charge is 0.496 e. The quantitative estimate of drug-likeness (QED) is 0.756. The van der Waals surface area contributed by atoms with E-state index in [1.807, 2.05) is 12.1 Å². The van der Waals surface area contributed by atoms with Gasteiger partial charge < -0.3 is 9.47 Å². The molecule has 0 fully saturated rings. The first-order chi connectivity index (χ1) is 7.69. The third-order valence-corrected chi connectivity index (χ3v) is 2.47. The highest BCUT2D eigenvalue weighted by molar-refractivity contribution is 5.84. The smallest absolute Gasteiger partial charge is 0.299 e. The summed E-state index contributed by atoms with van der Waals surface area (Å²) in [6.07, 6.45) is 0. The van der Waals surface area contributed by atoms with E-state index in [2.05, 4.69) is 4.98 Å². The molecule has 1 aromatic heterocycles. The molecule has 5 nitrogen and oxygen atoms in total. The molecule has 5 heteroatoms. The van der Waals surface area contributed by atoms with Gasteiger partial charge in [0, 0.05) is 7.05 Å². The first kappa shape index (κ1) is 10.5. The van der Waals surface area contributed by atoms with Crippen molar-refractivity contribution in [3.05, 3.63) is 28.6 Å². The van der Waals surface area contributed by atoms with Crippen LogP contribution in [0.4, 0.5) is 0 Å². The Balaban J connectivity index is 2.95. The predicted octanol–water partition coefficient (Wildman–Crippen LogP) is 0.951. The average molecular weight is 220 g/mol. The van der Waals surface area contributed by atoms with Crippen LogP contribution in [0.25, 0.3) is 10.9 Å². The molecule has 0 bridgehead atoms. The van der Waals surface area contributed by atoms with Crippen molar-refractivity contribution in [1.29, 1.82) is 0 Å². The van der Waals surface area contributed by atoms with Crippen molar-refractivity contribution in [3.63, 3.8) is 0 Å². The Bertz CT molecular complexity index is 590. The van der Waals surface area contributed by atoms with Crippen LogP contribution in [0.3, 0.4) is 0 Å². The number of hydrogen-bond acceptors (Lipinski definition) is 4. The summed E-state index contributed by atoms with van der Waals surface area (Å²) in [5.41, 5.74) is 0.388. The molecule has 1 aromatic carbocycles. The number of fused-ring (bicyclic) bond motifs is 1. The maximum Gasteiger partial charge on any atom is 0.299 e. The third-order valence-electron chi connectivity index (χ3n) is 2.47. The normalized spacial score (nSPS) is 10.4. The maximum atomic E-state index is 11.8. The lowest BCUT2D eigenvalue weighted by molar-refractivity contribution is 0.361. The summed E-state index contributed by atoms with van der Waals surface area (Å²) in [7, 11) is 4.79. The highest BCUT2D eigenvalue weighted by Crippen LogP contribution is 2.23. The number of nitrogens with zero attached hydrogens (tertiary/aromatic N) is 2. The molecule has 0 amide bonds. The summed E-state index contributed by atoms with van der Waals surface area (Å²) < 4.78 is 11.9. The highest BCUT2D eigenvalue weighted by atomic mass is 16.5. The van der Waals surface area contributed by atoms with Crippen molar-refractivity contribution in [1.82, 2.24) is 9.55 Å². The molecule has 0 aliphatic carbocycles. The van der Waals surface area contributed by atoms with Gasteiger partial charge in [0.05, 0.1) is 19.7 Å². The average Bonchev–Trinajstić information content (AvgIpc) is 2.32. The number of hydrogen-bond donors (Lipinski definition) is 0. The summed E-state index contributed by atoms with van der Waals surface area (Å²) in [6.45, 7) is 0. The summed E-state index contributed by atoms with van der Waals surface area (Å²) in [4.78, 5) is 15.6. The molecule has 0 spiro atoms. The Kier molecular flexibility index (Phi) is 2.52. The van der Waals surface area contributed by atoms with Crippen molar-refractivity contribution in [3.8, 4) is 11.8 Å². The van der Waals surface area contributed by atoms with Crippen LogP contribution in [0.2, 0.25) is 0 Å². The number of rotatable bonds is 2. The zero-order valence-corrected chi connectivity index (χ0v) is 9.35. The second-order valence-corrected chi connectivity index (χ2v) is 3.32. The number of aromatic nitrogens is 2. The van der Waals surface area contributed by atoms with E-state index in [1.54, 1.807) is 17.7 Å². The molecule has 2 aromatic rings. The van der Waals surface area contributed by atoms with Crippen LogP contribution in [-0.2, 0) is 7.05 Å². The molecule has 0 aliphatic rings. The van der Waals surface area contributed by atoms with Crippen LogP contribution in [-0.4, -0.2) is 23.8 Å². The van der Waals surface area contributed by atoms with Gasteiger partial charge >= 0.3 is 0 Å². The second-order valence-electron chi connectivity index (χ2n) is 3.32. The lowest BCUT2D eigenvalue weighted by atomic mass is 10.2. The van der Waals surface area contributed by atoms with Gasteiger partial charge in [-0.1, -0.05) is 6.07 Å². The molecule has 16 heavy (non-hydrogen) atoms. The zero-order chi connectivity index (χ0) is 11.7. The van der Waals surface area contributed by atoms with Gasteiger partial charge in [-0.2, -0.15) is 4.98 Å². The topological polar surface area (TPSA) is 53.4 Å². The van der Waals surface area contributed by atoms with E-state index in [0.29, 0.717) is 11.1 Å². The monoisotopic (exact) mass is 220 g/mol. The molecule has 2 rings (SSSR count). The molecule has 0 aliphatic heterocycles. The Labute approximate surface area is 92.2 Å². The molecule has 84 valence electrons. The molecule has 0 atom stereocenters. The van der Waals surface area contributed by atoms with E-state index in [1.165, 1.54) is 14.2 Å². The fourth-order valence-electron chi connectivity index (χ4n) is 1.69. The van der Waals surface area contributed by atoms with Gasteiger partial charge in [0.15, 0.2) is 0 Å². The van der Waals surface area contributed by atoms with Gasteiger partial charge in [-0.05, 0) is 12.1 Å². The minimum Gasteiger partial charge on any atom is -0.496 e. The summed E-state index contributed by atoms with van der Waals surface area (Å²) >= 11 is 0. The van der Waals surface area contributed by atoms with Crippen LogP contribution < -0.4 is 15.0 Å². The van der Waals surface area contributed by atoms with Crippen molar-refractivity contribution in [2.24, 2.45) is 7.05 Å². The molecule has 0 radical (unpaired) electrons. The minimum absolute atomic E-state index is 0.283. The summed E-state index contributed by atoms with van der Waals surface area (Å²) in [5, 5.41) is 0.466. The summed E-state index contributed by atoms with van der Waals surface area (Å²) in [6, 6.07) is 5.66. The van der Waals surface area contributed by atoms with Gasteiger partial charge in [0.2, 0.25) is 0 Å². The van der Waals surface area contributed by atoms with Crippen molar-refractivity contribution in [2.75, 3.05) is 14.2 Å². The fraction of sp³-hybridized carbons (Fsp3) is 0.273. The first-order valence-corrected chi connectivity index (χ1v) is 4.76. The van der Waals surface area contributed by atoms with E-state index < -0.39 is 0 Å². The Morgan fingerprint density at radius 3 is 2.62 bits per heavy atom. The van der Waals surface area contributed by atoms with Gasteiger partial charge in [-0.25, -0.2) is 0 Å². The first-order valence-electron chi connectivity index (χ1n) is 4.76. The lowest BCUT2D eigenvalue weighted by Gasteiger charge is -2.10. The Morgan fingerprint density at radius 2 is 2.00 bits per heavy atom. The van der Waals surface area contributed by atoms with Gasteiger partial charge in [0.25, 0.3) is 11.6 Å². The van der Waals surface area contributed by atoms with Crippen LogP contribution in [0.5, 0.6) is 11.8 Å². The minimum atomic E-state index is -0.345. The van der Waals surface area contributed by atoms with Crippen molar-refractivity contribution < 1.29 is 9.47 Å². The zero-order valence-electron chi connectivity index (χ0n) is 9.35. The molecule has 1 heterocycles. The number of ether oxygens (including phenoxy) is 2. The van der Waals surface area contributed by atoms with Crippen molar-refractivity contribution >= 4 is 10.9 Å². The SMILES string of the molecule is COc1cccc2c1c(=O)nc(OC)n2C. The molecule has 0 saturated heterocycles. The molecular formula is C11H12N2O3. The predicted molar refractivity (Wildman–Crippen MR) is 60.1 cm³/mol. The van der Waals surface area contributed by atoms with E-state index in [0.717, 1.165) is 5.52 Å². The van der Waals surface area contributed by atoms with E-state index in [-0.39, 0.29) is 11.6 Å². The number of aryl methyl sites for hydroxylation is 1. The standard InChI is InChI=1S/C11H12N2O3/c1-13-7-5-4-6-8(15-2)9(7)10(14)12-11(13)16-3/h4-6H,1-3H3. The van der Waals surface area contributed by atoms with Gasteiger partial charge in [0.1, 0.15) is 11.1 Å². The second kappa shape index (κ2) is 3.84. The van der Waals surface area contributed by atoms with Crippen molar-refractivity contribution in [2.45, 2.75) is 0 Å². The molecule has 0 N–H and O–H groups in total. The Morgan fingerprint density at radius 1 is 1.25 bits per heavy atom. The fourth-order valence-corrected chi connectivity index (χ4v) is 1.69. The number of benzene rings is 1. The maximum absolute atomic E-state index is 11.8. The molecule has 0 unspecified atom stereocenters. The Hall–Kier alpha value is -2.04. The molecular weight excluding hydrogens is 208 g/mol. The highest BCUT2D eigenvalue weighted by Gasteiger charge is 2.11. The molecule has 0 saturated carbocycles.